The summed E-state index contributed by atoms with van der Waals surface area (Å²) in [6.45, 7) is 5.76. The second-order valence-electron chi connectivity index (χ2n) is 8.41. The molecule has 2 aromatic carbocycles. The standard InChI is InChI=1S/C24H32BrN3O5S/c1-17(2)14-26-24(30)18(3)27(15-19-10-12-20(33-4)13-11-19)23(29)16-28(34(5,31)32)22-9-7-6-8-21(22)25/h6-13,17-18H,14-16H2,1-5H3,(H,26,30). The van der Waals surface area contributed by atoms with Crippen molar-refractivity contribution < 1.29 is 22.7 Å². The first-order valence-corrected chi connectivity index (χ1v) is 13.5. The van der Waals surface area contributed by atoms with E-state index in [4.69, 9.17) is 4.74 Å². The molecule has 34 heavy (non-hydrogen) atoms. The third-order valence-corrected chi connectivity index (χ3v) is 6.96. The Bertz CT molecular complexity index is 1090. The van der Waals surface area contributed by atoms with Crippen LogP contribution >= 0.6 is 15.9 Å². The first-order valence-electron chi connectivity index (χ1n) is 10.9. The average molecular weight is 555 g/mol. The molecule has 0 aromatic heterocycles. The molecule has 0 aliphatic rings. The van der Waals surface area contributed by atoms with Gasteiger partial charge in [0.2, 0.25) is 21.8 Å². The number of hydrogen-bond acceptors (Lipinski definition) is 5. The minimum atomic E-state index is -3.78. The third-order valence-electron chi connectivity index (χ3n) is 5.16. The molecule has 2 amide bonds. The Hall–Kier alpha value is -2.59. The molecule has 1 N–H and O–H groups in total. The van der Waals surface area contributed by atoms with Gasteiger partial charge >= 0.3 is 0 Å². The topological polar surface area (TPSA) is 96.0 Å². The van der Waals surface area contributed by atoms with Crippen LogP contribution in [0.25, 0.3) is 0 Å². The molecule has 10 heteroatoms. The molecule has 0 heterocycles. The lowest BCUT2D eigenvalue weighted by Gasteiger charge is -2.32. The van der Waals surface area contributed by atoms with E-state index >= 15 is 0 Å². The molecule has 8 nitrogen and oxygen atoms in total. The number of anilines is 1. The second-order valence-corrected chi connectivity index (χ2v) is 11.2. The van der Waals surface area contributed by atoms with E-state index in [0.717, 1.165) is 16.1 Å². The van der Waals surface area contributed by atoms with E-state index in [-0.39, 0.29) is 18.4 Å². The number of para-hydroxylation sites is 1. The minimum Gasteiger partial charge on any atom is -0.497 e. The van der Waals surface area contributed by atoms with Crippen molar-refractivity contribution in [3.8, 4) is 5.75 Å². The van der Waals surface area contributed by atoms with Gasteiger partial charge in [0.25, 0.3) is 0 Å². The van der Waals surface area contributed by atoms with Gasteiger partial charge in [0, 0.05) is 17.6 Å². The molecule has 0 radical (unpaired) electrons. The molecule has 0 saturated carbocycles. The number of carbonyl (C=O) groups excluding carboxylic acids is 2. The molecule has 2 aromatic rings. The summed E-state index contributed by atoms with van der Waals surface area (Å²) in [5, 5.41) is 2.85. The van der Waals surface area contributed by atoms with Gasteiger partial charge in [0.05, 0.1) is 19.1 Å². The number of nitrogens with one attached hydrogen (secondary N) is 1. The van der Waals surface area contributed by atoms with Gasteiger partial charge in [0.1, 0.15) is 18.3 Å². The number of methoxy groups -OCH3 is 1. The van der Waals surface area contributed by atoms with Crippen LogP contribution in [0.3, 0.4) is 0 Å². The number of carbonyl (C=O) groups is 2. The van der Waals surface area contributed by atoms with Gasteiger partial charge in [-0.15, -0.1) is 0 Å². The minimum absolute atomic E-state index is 0.132. The molecular formula is C24H32BrN3O5S. The lowest BCUT2D eigenvalue weighted by molar-refractivity contribution is -0.139. The number of ether oxygens (including phenoxy) is 1. The van der Waals surface area contributed by atoms with Crippen LogP contribution in [0.2, 0.25) is 0 Å². The van der Waals surface area contributed by atoms with E-state index in [1.165, 1.54) is 4.90 Å². The van der Waals surface area contributed by atoms with Crippen molar-refractivity contribution in [1.82, 2.24) is 10.2 Å². The van der Waals surface area contributed by atoms with Gasteiger partial charge in [-0.05, 0) is 58.6 Å². The molecule has 0 bridgehead atoms. The van der Waals surface area contributed by atoms with E-state index in [1.54, 1.807) is 62.6 Å². The summed E-state index contributed by atoms with van der Waals surface area (Å²) >= 11 is 3.36. The first kappa shape index (κ1) is 27.7. The smallest absolute Gasteiger partial charge is 0.244 e. The maximum Gasteiger partial charge on any atom is 0.244 e. The summed E-state index contributed by atoms with van der Waals surface area (Å²) in [6.07, 6.45) is 1.05. The fraction of sp³-hybridized carbons (Fsp3) is 0.417. The van der Waals surface area contributed by atoms with Crippen LogP contribution in [-0.2, 0) is 26.2 Å². The molecule has 0 fully saturated rings. The monoisotopic (exact) mass is 553 g/mol. The van der Waals surface area contributed by atoms with Gasteiger partial charge in [0.15, 0.2) is 0 Å². The van der Waals surface area contributed by atoms with Crippen LogP contribution in [0.15, 0.2) is 53.0 Å². The highest BCUT2D eigenvalue weighted by molar-refractivity contribution is 9.10. The highest BCUT2D eigenvalue weighted by Crippen LogP contribution is 2.28. The molecule has 186 valence electrons. The Morgan fingerprint density at radius 1 is 1.06 bits per heavy atom. The average Bonchev–Trinajstić information content (AvgIpc) is 2.79. The van der Waals surface area contributed by atoms with Crippen molar-refractivity contribution in [3.63, 3.8) is 0 Å². The molecule has 0 saturated heterocycles. The Morgan fingerprint density at radius 2 is 1.68 bits per heavy atom. The summed E-state index contributed by atoms with van der Waals surface area (Å²) in [7, 11) is -2.22. The van der Waals surface area contributed by atoms with Crippen LogP contribution in [0.5, 0.6) is 5.75 Å². The number of nitrogens with zero attached hydrogens (tertiary/aromatic N) is 2. The van der Waals surface area contributed by atoms with Crippen molar-refractivity contribution >= 4 is 43.5 Å². The van der Waals surface area contributed by atoms with Crippen molar-refractivity contribution in [1.29, 1.82) is 0 Å². The fourth-order valence-electron chi connectivity index (χ4n) is 3.21. The van der Waals surface area contributed by atoms with Crippen molar-refractivity contribution in [2.75, 3.05) is 30.8 Å². The summed E-state index contributed by atoms with van der Waals surface area (Å²) in [5.74, 6) is 0.117. The first-order chi connectivity index (χ1) is 15.9. The summed E-state index contributed by atoms with van der Waals surface area (Å²) in [6, 6.07) is 13.1. The quantitative estimate of drug-likeness (QED) is 0.460. The third kappa shape index (κ3) is 7.73. The SMILES string of the molecule is COc1ccc(CN(C(=O)CN(c2ccccc2Br)S(C)(=O)=O)C(C)C(=O)NCC(C)C)cc1. The zero-order valence-corrected chi connectivity index (χ0v) is 22.5. The summed E-state index contributed by atoms with van der Waals surface area (Å²) < 4.78 is 32.0. The molecular weight excluding hydrogens is 522 g/mol. The predicted molar refractivity (Wildman–Crippen MR) is 137 cm³/mol. The summed E-state index contributed by atoms with van der Waals surface area (Å²) in [5.41, 5.74) is 1.13. The Balaban J connectivity index is 2.37. The molecule has 1 atom stereocenters. The van der Waals surface area contributed by atoms with E-state index in [1.807, 2.05) is 13.8 Å². The number of halogens is 1. The van der Waals surface area contributed by atoms with E-state index < -0.39 is 28.5 Å². The van der Waals surface area contributed by atoms with E-state index in [0.29, 0.717) is 22.5 Å². The van der Waals surface area contributed by atoms with Crippen molar-refractivity contribution in [2.45, 2.75) is 33.4 Å². The molecule has 1 unspecified atom stereocenters. The number of hydrogen-bond donors (Lipinski definition) is 1. The zero-order chi connectivity index (χ0) is 25.5. The molecule has 0 spiro atoms. The highest BCUT2D eigenvalue weighted by Gasteiger charge is 2.30. The largest absolute Gasteiger partial charge is 0.497 e. The van der Waals surface area contributed by atoms with Gasteiger partial charge in [-0.3, -0.25) is 13.9 Å². The normalized spacial score (nSPS) is 12.2. The number of amides is 2. The lowest BCUT2D eigenvalue weighted by atomic mass is 10.1. The van der Waals surface area contributed by atoms with Gasteiger partial charge < -0.3 is 15.0 Å². The van der Waals surface area contributed by atoms with Gasteiger partial charge in [-0.2, -0.15) is 0 Å². The maximum absolute atomic E-state index is 13.5. The van der Waals surface area contributed by atoms with Crippen molar-refractivity contribution in [2.24, 2.45) is 5.92 Å². The highest BCUT2D eigenvalue weighted by atomic mass is 79.9. The van der Waals surface area contributed by atoms with Crippen LogP contribution in [-0.4, -0.2) is 57.6 Å². The summed E-state index contributed by atoms with van der Waals surface area (Å²) in [4.78, 5) is 27.7. The van der Waals surface area contributed by atoms with E-state index in [9.17, 15) is 18.0 Å². The van der Waals surface area contributed by atoms with Gasteiger partial charge in [-0.1, -0.05) is 38.1 Å². The molecule has 0 aliphatic carbocycles. The van der Waals surface area contributed by atoms with Crippen LogP contribution in [0, 0.1) is 5.92 Å². The second kappa shape index (κ2) is 12.2. The number of sulfonamides is 1. The Kier molecular flexibility index (Phi) is 9.93. The zero-order valence-electron chi connectivity index (χ0n) is 20.1. The number of benzene rings is 2. The van der Waals surface area contributed by atoms with Crippen molar-refractivity contribution in [3.05, 3.63) is 58.6 Å². The molecule has 0 aliphatic heterocycles. The fourth-order valence-corrected chi connectivity index (χ4v) is 4.69. The predicted octanol–water partition coefficient (Wildman–Crippen LogP) is 3.41. The van der Waals surface area contributed by atoms with E-state index in [2.05, 4.69) is 21.2 Å². The Morgan fingerprint density at radius 3 is 2.21 bits per heavy atom. The van der Waals surface area contributed by atoms with Crippen LogP contribution < -0.4 is 14.4 Å². The van der Waals surface area contributed by atoms with Crippen LogP contribution in [0.4, 0.5) is 5.69 Å². The Labute approximate surface area is 210 Å². The number of rotatable bonds is 11. The maximum atomic E-state index is 13.5. The lowest BCUT2D eigenvalue weighted by Crippen LogP contribution is -2.51. The molecule has 2 rings (SSSR count). The van der Waals surface area contributed by atoms with Gasteiger partial charge in [-0.25, -0.2) is 8.42 Å². The van der Waals surface area contributed by atoms with Crippen LogP contribution in [0.1, 0.15) is 26.3 Å².